The molecule has 3 nitrogen and oxygen atoms in total. The van der Waals surface area contributed by atoms with Crippen LogP contribution in [0.2, 0.25) is 0 Å². The van der Waals surface area contributed by atoms with Crippen molar-refractivity contribution in [2.45, 2.75) is 38.5 Å². The SMILES string of the molecule is CC(Nc1c(F)cccc1C(F)(F)F)NC(C)Nc1c(F)cccc1C(F)(F)F. The van der Waals surface area contributed by atoms with Crippen LogP contribution in [0.5, 0.6) is 0 Å². The van der Waals surface area contributed by atoms with Crippen LogP contribution in [-0.2, 0) is 12.4 Å². The summed E-state index contributed by atoms with van der Waals surface area (Å²) in [5.41, 5.74) is -4.09. The van der Waals surface area contributed by atoms with Gasteiger partial charge in [0, 0.05) is 0 Å². The number of anilines is 2. The zero-order valence-electron chi connectivity index (χ0n) is 15.1. The van der Waals surface area contributed by atoms with Crippen molar-refractivity contribution in [2.24, 2.45) is 0 Å². The molecule has 11 heteroatoms. The van der Waals surface area contributed by atoms with Gasteiger partial charge in [-0.2, -0.15) is 26.3 Å². The van der Waals surface area contributed by atoms with E-state index in [1.165, 1.54) is 13.8 Å². The smallest absolute Gasteiger partial charge is 0.367 e. The third-order valence-electron chi connectivity index (χ3n) is 3.86. The molecule has 0 amide bonds. The molecule has 160 valence electrons. The first-order valence-electron chi connectivity index (χ1n) is 8.31. The highest BCUT2D eigenvalue weighted by molar-refractivity contribution is 5.55. The van der Waals surface area contributed by atoms with Gasteiger partial charge >= 0.3 is 12.4 Å². The maximum atomic E-state index is 13.9. The fraction of sp³-hybridized carbons (Fsp3) is 0.333. The Morgan fingerprint density at radius 2 is 1.00 bits per heavy atom. The summed E-state index contributed by atoms with van der Waals surface area (Å²) in [6.45, 7) is 2.66. The zero-order chi connectivity index (χ0) is 22.0. The van der Waals surface area contributed by atoms with Gasteiger partial charge in [-0.1, -0.05) is 12.1 Å². The van der Waals surface area contributed by atoms with Gasteiger partial charge in [0.25, 0.3) is 0 Å². The predicted molar refractivity (Wildman–Crippen MR) is 92.1 cm³/mol. The van der Waals surface area contributed by atoms with E-state index in [1.807, 2.05) is 0 Å². The average Bonchev–Trinajstić information content (AvgIpc) is 2.56. The molecule has 0 aliphatic rings. The minimum Gasteiger partial charge on any atom is -0.367 e. The van der Waals surface area contributed by atoms with E-state index in [4.69, 9.17) is 0 Å². The molecule has 3 N–H and O–H groups in total. The Morgan fingerprint density at radius 3 is 1.31 bits per heavy atom. The van der Waals surface area contributed by atoms with Gasteiger partial charge in [-0.05, 0) is 38.1 Å². The Kier molecular flexibility index (Phi) is 6.61. The fourth-order valence-corrected chi connectivity index (χ4v) is 2.71. The number of hydrogen-bond acceptors (Lipinski definition) is 3. The fourth-order valence-electron chi connectivity index (χ4n) is 2.71. The molecule has 0 aliphatic carbocycles. The number of halogens is 8. The highest BCUT2D eigenvalue weighted by atomic mass is 19.4. The Bertz CT molecular complexity index is 778. The molecule has 2 unspecified atom stereocenters. The molecule has 2 atom stereocenters. The summed E-state index contributed by atoms with van der Waals surface area (Å²) in [5, 5.41) is 7.20. The van der Waals surface area contributed by atoms with Gasteiger partial charge in [0.2, 0.25) is 0 Å². The van der Waals surface area contributed by atoms with E-state index in [0.29, 0.717) is 12.1 Å². The predicted octanol–water partition coefficient (Wildman–Crippen LogP) is 5.81. The van der Waals surface area contributed by atoms with Crippen LogP contribution >= 0.6 is 0 Å². The molecule has 0 aromatic heterocycles. The molecule has 0 spiro atoms. The Labute approximate surface area is 161 Å². The molecular formula is C18H17F8N3. The third kappa shape index (κ3) is 5.72. The molecular weight excluding hydrogens is 410 g/mol. The topological polar surface area (TPSA) is 36.1 Å². The van der Waals surface area contributed by atoms with Crippen molar-refractivity contribution in [3.05, 3.63) is 59.2 Å². The zero-order valence-corrected chi connectivity index (χ0v) is 15.1. The van der Waals surface area contributed by atoms with Gasteiger partial charge in [0.05, 0.1) is 34.8 Å². The first kappa shape index (κ1) is 22.7. The molecule has 0 saturated heterocycles. The standard InChI is InChI=1S/C18H17F8N3/c1-9(28-15-11(17(21,22)23)5-3-7-13(15)19)27-10(2)29-16-12(18(24,25)26)6-4-8-14(16)20/h3-10,27-29H,1-2H3. The van der Waals surface area contributed by atoms with Gasteiger partial charge in [0.15, 0.2) is 0 Å². The summed E-state index contributed by atoms with van der Waals surface area (Å²) in [5.74, 6) is -2.30. The maximum absolute atomic E-state index is 13.9. The molecule has 0 saturated carbocycles. The van der Waals surface area contributed by atoms with Gasteiger partial charge in [-0.25, -0.2) is 8.78 Å². The lowest BCUT2D eigenvalue weighted by Gasteiger charge is -2.26. The summed E-state index contributed by atoms with van der Waals surface area (Å²) in [6.07, 6.45) is -11.7. The van der Waals surface area contributed by atoms with Crippen LogP contribution in [0.25, 0.3) is 0 Å². The van der Waals surface area contributed by atoms with Crippen molar-refractivity contribution in [2.75, 3.05) is 10.6 Å². The summed E-state index contributed by atoms with van der Waals surface area (Å²) in [4.78, 5) is 0. The number of para-hydroxylation sites is 2. The van der Waals surface area contributed by atoms with Gasteiger partial charge in [-0.15, -0.1) is 0 Å². The number of benzene rings is 2. The van der Waals surface area contributed by atoms with Crippen LogP contribution in [0.4, 0.5) is 46.5 Å². The Morgan fingerprint density at radius 1 is 0.655 bits per heavy atom. The number of rotatable bonds is 6. The van der Waals surface area contributed by atoms with E-state index in [2.05, 4.69) is 16.0 Å². The minimum absolute atomic E-state index is 0.689. The van der Waals surface area contributed by atoms with Crippen LogP contribution in [0, 0.1) is 11.6 Å². The third-order valence-corrected chi connectivity index (χ3v) is 3.86. The highest BCUT2D eigenvalue weighted by Gasteiger charge is 2.36. The Balaban J connectivity index is 2.16. The van der Waals surface area contributed by atoms with Crippen LogP contribution in [0.3, 0.4) is 0 Å². The van der Waals surface area contributed by atoms with Crippen molar-refractivity contribution < 1.29 is 35.1 Å². The van der Waals surface area contributed by atoms with Crippen LogP contribution in [0.15, 0.2) is 36.4 Å². The van der Waals surface area contributed by atoms with Crippen molar-refractivity contribution in [3.8, 4) is 0 Å². The lowest BCUT2D eigenvalue weighted by atomic mass is 10.1. The molecule has 2 rings (SSSR count). The van der Waals surface area contributed by atoms with Crippen molar-refractivity contribution in [3.63, 3.8) is 0 Å². The molecule has 29 heavy (non-hydrogen) atoms. The second-order valence-corrected chi connectivity index (χ2v) is 6.22. The summed E-state index contributed by atoms with van der Waals surface area (Å²) in [6, 6.07) is 4.86. The molecule has 2 aromatic carbocycles. The number of alkyl halides is 6. The van der Waals surface area contributed by atoms with E-state index in [1.54, 1.807) is 0 Å². The molecule has 0 fully saturated rings. The maximum Gasteiger partial charge on any atom is 0.418 e. The van der Waals surface area contributed by atoms with Crippen molar-refractivity contribution in [1.29, 1.82) is 0 Å². The average molecular weight is 427 g/mol. The minimum atomic E-state index is -4.82. The van der Waals surface area contributed by atoms with E-state index < -0.39 is 58.8 Å². The lowest BCUT2D eigenvalue weighted by Crippen LogP contribution is -2.44. The Hall–Kier alpha value is -2.56. The number of nitrogens with one attached hydrogen (secondary N) is 3. The van der Waals surface area contributed by atoms with Crippen molar-refractivity contribution >= 4 is 11.4 Å². The van der Waals surface area contributed by atoms with E-state index in [0.717, 1.165) is 24.3 Å². The summed E-state index contributed by atoms with van der Waals surface area (Å²) >= 11 is 0. The van der Waals surface area contributed by atoms with E-state index in [-0.39, 0.29) is 0 Å². The van der Waals surface area contributed by atoms with Crippen LogP contribution in [0.1, 0.15) is 25.0 Å². The first-order chi connectivity index (χ1) is 13.3. The van der Waals surface area contributed by atoms with E-state index in [9.17, 15) is 35.1 Å². The molecule has 0 aliphatic heterocycles. The van der Waals surface area contributed by atoms with Crippen LogP contribution in [-0.4, -0.2) is 12.3 Å². The highest BCUT2D eigenvalue weighted by Crippen LogP contribution is 2.37. The molecule has 0 heterocycles. The van der Waals surface area contributed by atoms with Crippen LogP contribution < -0.4 is 16.0 Å². The molecule has 0 radical (unpaired) electrons. The van der Waals surface area contributed by atoms with Crippen molar-refractivity contribution in [1.82, 2.24) is 5.32 Å². The van der Waals surface area contributed by atoms with Gasteiger partial charge < -0.3 is 10.6 Å². The second-order valence-electron chi connectivity index (χ2n) is 6.22. The lowest BCUT2D eigenvalue weighted by molar-refractivity contribution is -0.137. The summed E-state index contributed by atoms with van der Waals surface area (Å²) < 4.78 is 106. The molecule has 2 aromatic rings. The molecule has 0 bridgehead atoms. The quantitative estimate of drug-likeness (QED) is 0.402. The van der Waals surface area contributed by atoms with Gasteiger partial charge in [-0.3, -0.25) is 5.32 Å². The number of hydrogen-bond donors (Lipinski definition) is 3. The van der Waals surface area contributed by atoms with Gasteiger partial charge in [0.1, 0.15) is 11.6 Å². The normalized spacial score (nSPS) is 14.4. The monoisotopic (exact) mass is 427 g/mol. The summed E-state index contributed by atoms with van der Waals surface area (Å²) in [7, 11) is 0. The second kappa shape index (κ2) is 8.44. The largest absolute Gasteiger partial charge is 0.418 e. The van der Waals surface area contributed by atoms with E-state index >= 15 is 0 Å². The first-order valence-corrected chi connectivity index (χ1v) is 8.31.